The molecule has 2 aromatic heterocycles. The van der Waals surface area contributed by atoms with E-state index in [9.17, 15) is 4.79 Å². The molecule has 0 atom stereocenters. The highest BCUT2D eigenvalue weighted by Crippen LogP contribution is 1.97. The van der Waals surface area contributed by atoms with E-state index >= 15 is 0 Å². The molecule has 2 aromatic rings. The van der Waals surface area contributed by atoms with E-state index in [1.807, 2.05) is 0 Å². The number of aromatic nitrogens is 4. The highest BCUT2D eigenvalue weighted by atomic mass is 35.5. The largest absolute Gasteiger partial charge is 0.369 e. The van der Waals surface area contributed by atoms with Gasteiger partial charge in [-0.15, -0.1) is 12.4 Å². The molecule has 0 unspecified atom stereocenters. The Balaban J connectivity index is 0.000000845. The van der Waals surface area contributed by atoms with Crippen LogP contribution >= 0.6 is 12.4 Å². The van der Waals surface area contributed by atoms with Gasteiger partial charge in [0.05, 0.1) is 0 Å². The van der Waals surface area contributed by atoms with E-state index < -0.39 is 5.56 Å². The lowest BCUT2D eigenvalue weighted by Gasteiger charge is -1.94. The van der Waals surface area contributed by atoms with E-state index in [-0.39, 0.29) is 23.9 Å². The van der Waals surface area contributed by atoms with Gasteiger partial charge < -0.3 is 10.7 Å². The van der Waals surface area contributed by atoms with Crippen molar-refractivity contribution in [3.05, 3.63) is 22.7 Å². The smallest absolute Gasteiger partial charge is 0.302 e. The molecule has 7 heteroatoms. The quantitative estimate of drug-likeness (QED) is 0.608. The van der Waals surface area contributed by atoms with Crippen molar-refractivity contribution < 1.29 is 0 Å². The molecule has 2 heterocycles. The third-order valence-electron chi connectivity index (χ3n) is 1.37. The molecule has 0 aromatic carbocycles. The summed E-state index contributed by atoms with van der Waals surface area (Å²) < 4.78 is 0. The van der Waals surface area contributed by atoms with Crippen LogP contribution in [-0.2, 0) is 0 Å². The zero-order valence-corrected chi connectivity index (χ0v) is 7.21. The topological polar surface area (TPSA) is 97.6 Å². The molecule has 2 rings (SSSR count). The van der Waals surface area contributed by atoms with E-state index in [2.05, 4.69) is 19.9 Å². The zero-order valence-electron chi connectivity index (χ0n) is 6.39. The minimum absolute atomic E-state index is 0. The summed E-state index contributed by atoms with van der Waals surface area (Å²) in [5.41, 5.74) is 5.38. The molecule has 0 saturated carbocycles. The van der Waals surface area contributed by atoms with Gasteiger partial charge >= 0.3 is 5.56 Å². The maximum absolute atomic E-state index is 11.1. The fourth-order valence-electron chi connectivity index (χ4n) is 0.898. The summed E-state index contributed by atoms with van der Waals surface area (Å²) in [6.07, 6.45) is 2.90. The van der Waals surface area contributed by atoms with Gasteiger partial charge in [-0.25, -0.2) is 9.97 Å². The second kappa shape index (κ2) is 3.36. The first kappa shape index (κ1) is 9.40. The average Bonchev–Trinajstić information content (AvgIpc) is 2.04. The first-order chi connectivity index (χ1) is 5.77. The van der Waals surface area contributed by atoms with Crippen molar-refractivity contribution >= 4 is 29.5 Å². The maximum Gasteiger partial charge on any atom is 0.302 e. The Morgan fingerprint density at radius 2 is 2.00 bits per heavy atom. The Hall–Kier alpha value is -1.69. The average molecular weight is 200 g/mol. The Morgan fingerprint density at radius 3 is 2.77 bits per heavy atom. The van der Waals surface area contributed by atoms with Gasteiger partial charge in [0.25, 0.3) is 0 Å². The highest BCUT2D eigenvalue weighted by Gasteiger charge is 2.01. The van der Waals surface area contributed by atoms with Gasteiger partial charge in [-0.2, -0.15) is 4.98 Å². The van der Waals surface area contributed by atoms with Gasteiger partial charge in [-0.3, -0.25) is 4.79 Å². The van der Waals surface area contributed by atoms with Crippen LogP contribution < -0.4 is 11.3 Å². The number of rotatable bonds is 0. The number of nitrogens with zero attached hydrogens (tertiary/aromatic N) is 3. The number of nitrogens with one attached hydrogen (secondary N) is 1. The molecular formula is C6H6ClN5O. The van der Waals surface area contributed by atoms with Crippen LogP contribution in [0.15, 0.2) is 17.2 Å². The van der Waals surface area contributed by atoms with Crippen LogP contribution in [-0.4, -0.2) is 19.9 Å². The van der Waals surface area contributed by atoms with Crippen LogP contribution in [0.5, 0.6) is 0 Å². The van der Waals surface area contributed by atoms with Crippen molar-refractivity contribution in [3.63, 3.8) is 0 Å². The molecule has 0 saturated heterocycles. The SMILES string of the molecule is Cl.Nc1nc(=O)c2nccnc2[nH]1. The van der Waals surface area contributed by atoms with Crippen molar-refractivity contribution in [2.24, 2.45) is 0 Å². The van der Waals surface area contributed by atoms with Crippen LogP contribution in [0.3, 0.4) is 0 Å². The Labute approximate surface area is 78.6 Å². The number of hydrogen-bond acceptors (Lipinski definition) is 5. The van der Waals surface area contributed by atoms with E-state index in [0.717, 1.165) is 0 Å². The molecule has 0 radical (unpaired) electrons. The monoisotopic (exact) mass is 199 g/mol. The van der Waals surface area contributed by atoms with Crippen LogP contribution in [0.4, 0.5) is 5.95 Å². The van der Waals surface area contributed by atoms with Crippen molar-refractivity contribution in [2.45, 2.75) is 0 Å². The van der Waals surface area contributed by atoms with Gasteiger partial charge in [0.1, 0.15) is 0 Å². The minimum Gasteiger partial charge on any atom is -0.369 e. The van der Waals surface area contributed by atoms with Gasteiger partial charge in [-0.05, 0) is 0 Å². The van der Waals surface area contributed by atoms with Gasteiger partial charge in [-0.1, -0.05) is 0 Å². The van der Waals surface area contributed by atoms with Crippen molar-refractivity contribution in [2.75, 3.05) is 5.73 Å². The van der Waals surface area contributed by atoms with Gasteiger partial charge in [0.2, 0.25) is 5.95 Å². The fourth-order valence-corrected chi connectivity index (χ4v) is 0.898. The number of aromatic amines is 1. The number of H-pyrrole nitrogens is 1. The number of nitrogens with two attached hydrogens (primary N) is 1. The summed E-state index contributed by atoms with van der Waals surface area (Å²) in [7, 11) is 0. The molecular weight excluding hydrogens is 194 g/mol. The summed E-state index contributed by atoms with van der Waals surface area (Å²) in [6.45, 7) is 0. The predicted molar refractivity (Wildman–Crippen MR) is 49.6 cm³/mol. The lowest BCUT2D eigenvalue weighted by atomic mass is 10.5. The van der Waals surface area contributed by atoms with Crippen molar-refractivity contribution in [3.8, 4) is 0 Å². The third-order valence-corrected chi connectivity index (χ3v) is 1.37. The summed E-state index contributed by atoms with van der Waals surface area (Å²) in [5, 5.41) is 0. The molecule has 6 nitrogen and oxygen atoms in total. The molecule has 13 heavy (non-hydrogen) atoms. The normalized spacial score (nSPS) is 9.54. The van der Waals surface area contributed by atoms with Gasteiger partial charge in [0, 0.05) is 12.4 Å². The second-order valence-electron chi connectivity index (χ2n) is 2.18. The Kier molecular flexibility index (Phi) is 2.43. The van der Waals surface area contributed by atoms with Crippen LogP contribution in [0.1, 0.15) is 0 Å². The summed E-state index contributed by atoms with van der Waals surface area (Å²) >= 11 is 0. The zero-order chi connectivity index (χ0) is 8.55. The maximum atomic E-state index is 11.1. The highest BCUT2D eigenvalue weighted by molar-refractivity contribution is 5.85. The van der Waals surface area contributed by atoms with Crippen LogP contribution in [0.25, 0.3) is 11.2 Å². The van der Waals surface area contributed by atoms with Crippen LogP contribution in [0, 0.1) is 0 Å². The van der Waals surface area contributed by atoms with Crippen molar-refractivity contribution in [1.82, 2.24) is 19.9 Å². The lowest BCUT2D eigenvalue weighted by Crippen LogP contribution is -2.12. The van der Waals surface area contributed by atoms with Crippen molar-refractivity contribution in [1.29, 1.82) is 0 Å². The number of hydrogen-bond donors (Lipinski definition) is 2. The van der Waals surface area contributed by atoms with Gasteiger partial charge in [0.15, 0.2) is 11.2 Å². The molecule has 3 N–H and O–H groups in total. The third kappa shape index (κ3) is 1.57. The number of fused-ring (bicyclic) bond motifs is 1. The lowest BCUT2D eigenvalue weighted by molar-refractivity contribution is 1.12. The molecule has 0 aliphatic rings. The number of halogens is 1. The second-order valence-corrected chi connectivity index (χ2v) is 2.18. The molecule has 0 bridgehead atoms. The summed E-state index contributed by atoms with van der Waals surface area (Å²) in [5.74, 6) is 0.0491. The summed E-state index contributed by atoms with van der Waals surface area (Å²) in [4.78, 5) is 24.8. The Bertz CT molecular complexity index is 482. The molecule has 0 aliphatic heterocycles. The molecule has 0 fully saturated rings. The van der Waals surface area contributed by atoms with E-state index in [4.69, 9.17) is 5.73 Å². The number of anilines is 1. The molecule has 0 aliphatic carbocycles. The van der Waals surface area contributed by atoms with E-state index in [0.29, 0.717) is 5.65 Å². The first-order valence-corrected chi connectivity index (χ1v) is 3.24. The first-order valence-electron chi connectivity index (χ1n) is 3.24. The molecule has 0 amide bonds. The van der Waals surface area contributed by atoms with Crippen LogP contribution in [0.2, 0.25) is 0 Å². The fraction of sp³-hybridized carbons (Fsp3) is 0. The number of nitrogen functional groups attached to an aromatic ring is 1. The predicted octanol–water partition coefficient (Wildman–Crippen LogP) is -0.283. The van der Waals surface area contributed by atoms with E-state index in [1.165, 1.54) is 12.4 Å². The molecule has 0 spiro atoms. The van der Waals surface area contributed by atoms with E-state index in [1.54, 1.807) is 0 Å². The summed E-state index contributed by atoms with van der Waals surface area (Å²) in [6, 6.07) is 0. The minimum atomic E-state index is -0.464. The standard InChI is InChI=1S/C6H5N5O.ClH/c7-6-10-4-3(5(12)11-6)8-1-2-9-4;/h1-2H,(H3,7,9,10,11,12);1H. The Morgan fingerprint density at radius 1 is 1.31 bits per heavy atom. The molecule has 68 valence electrons.